The molecular formula is C21H30AcO. The van der Waals surface area contributed by atoms with E-state index in [2.05, 4.69) is 38.7 Å². The van der Waals surface area contributed by atoms with Gasteiger partial charge in [0, 0.05) is 44.1 Å². The quantitative estimate of drug-likeness (QED) is 0.477. The smallest absolute Gasteiger partial charge is 0.0577 e. The van der Waals surface area contributed by atoms with Gasteiger partial charge >= 0.3 is 0 Å². The van der Waals surface area contributed by atoms with Crippen LogP contribution in [0.4, 0.5) is 0 Å². The molecule has 23 heavy (non-hydrogen) atoms. The van der Waals surface area contributed by atoms with E-state index in [1.807, 2.05) is 0 Å². The minimum atomic E-state index is -0.0924. The van der Waals surface area contributed by atoms with Gasteiger partial charge in [-0.3, -0.25) is 0 Å². The molecule has 0 aliphatic heterocycles. The van der Waals surface area contributed by atoms with Crippen molar-refractivity contribution < 1.29 is 49.2 Å². The van der Waals surface area contributed by atoms with Gasteiger partial charge in [-0.2, -0.15) is 0 Å². The minimum absolute atomic E-state index is 0. The zero-order valence-corrected chi connectivity index (χ0v) is 19.5. The summed E-state index contributed by atoms with van der Waals surface area (Å²) in [7, 11) is 0. The fourth-order valence-electron chi connectivity index (χ4n) is 6.56. The third-order valence-electron chi connectivity index (χ3n) is 7.94. The molecule has 2 fully saturated rings. The van der Waals surface area contributed by atoms with E-state index < -0.39 is 0 Å². The van der Waals surface area contributed by atoms with Gasteiger partial charge in [0.15, 0.2) is 0 Å². The van der Waals surface area contributed by atoms with Crippen LogP contribution in [0.25, 0.3) is 0 Å². The van der Waals surface area contributed by atoms with Crippen LogP contribution >= 0.6 is 0 Å². The minimum Gasteiger partial charge on any atom is -0.393 e. The normalized spacial score (nSPS) is 48.1. The standard InChI is InChI=1S/C21H30O.Ac/c1-4-14-6-8-18-17-7-5-15-13-16(22)9-11-21(15,3)19(17)10-12-20(14,18)2;/h4-6,16-19,22H,1,7-13H2,2-3H3;. The molecule has 2 heteroatoms. The van der Waals surface area contributed by atoms with Crippen molar-refractivity contribution in [3.05, 3.63) is 36.0 Å². The van der Waals surface area contributed by atoms with Crippen molar-refractivity contribution in [1.82, 2.24) is 0 Å². The Morgan fingerprint density at radius 1 is 1.09 bits per heavy atom. The second kappa shape index (κ2) is 6.41. The Morgan fingerprint density at radius 2 is 1.83 bits per heavy atom. The molecule has 0 saturated heterocycles. The van der Waals surface area contributed by atoms with E-state index in [-0.39, 0.29) is 50.2 Å². The maximum atomic E-state index is 10.1. The van der Waals surface area contributed by atoms with E-state index in [4.69, 9.17) is 0 Å². The molecule has 0 aromatic carbocycles. The monoisotopic (exact) mass is 525 g/mol. The topological polar surface area (TPSA) is 20.2 Å². The Bertz CT molecular complexity index is 562. The average molecular weight is 525 g/mol. The first kappa shape index (κ1) is 18.4. The van der Waals surface area contributed by atoms with Gasteiger partial charge in [0.25, 0.3) is 0 Å². The predicted molar refractivity (Wildman–Crippen MR) is 91.4 cm³/mol. The van der Waals surface area contributed by atoms with Gasteiger partial charge in [0.1, 0.15) is 0 Å². The Labute approximate surface area is 177 Å². The van der Waals surface area contributed by atoms with E-state index in [0.29, 0.717) is 10.8 Å². The summed E-state index contributed by atoms with van der Waals surface area (Å²) in [6.45, 7) is 9.05. The van der Waals surface area contributed by atoms with Crippen LogP contribution in [0.3, 0.4) is 0 Å². The van der Waals surface area contributed by atoms with E-state index in [1.54, 1.807) is 5.57 Å². The summed E-state index contributed by atoms with van der Waals surface area (Å²) in [5.74, 6) is 2.47. The number of rotatable bonds is 1. The van der Waals surface area contributed by atoms with Crippen LogP contribution in [0.5, 0.6) is 0 Å². The predicted octanol–water partition coefficient (Wildman–Crippen LogP) is 5.03. The third kappa shape index (κ3) is 2.62. The second-order valence-corrected chi connectivity index (χ2v) is 8.71. The molecule has 1 nitrogen and oxygen atoms in total. The van der Waals surface area contributed by atoms with E-state index >= 15 is 0 Å². The van der Waals surface area contributed by atoms with Crippen molar-refractivity contribution in [2.24, 2.45) is 28.6 Å². The first-order chi connectivity index (χ1) is 10.5. The molecule has 0 aromatic heterocycles. The van der Waals surface area contributed by atoms with E-state index in [9.17, 15) is 5.11 Å². The molecule has 123 valence electrons. The summed E-state index contributed by atoms with van der Waals surface area (Å²) in [4.78, 5) is 0. The van der Waals surface area contributed by atoms with Crippen LogP contribution in [0.1, 0.15) is 58.8 Å². The Morgan fingerprint density at radius 3 is 2.57 bits per heavy atom. The number of hydrogen-bond donors (Lipinski definition) is 1. The molecule has 2 saturated carbocycles. The SMILES string of the molecule is C=CC1=CCC2C3CC=C4CC(O)CCC4(C)C3CCC12C.[Ac]. The molecular weight excluding hydrogens is 495 g/mol. The Balaban J connectivity index is 0.00000156. The van der Waals surface area contributed by atoms with Crippen LogP contribution in [0.2, 0.25) is 0 Å². The van der Waals surface area contributed by atoms with Gasteiger partial charge < -0.3 is 5.11 Å². The molecule has 4 aliphatic rings. The van der Waals surface area contributed by atoms with Crippen molar-refractivity contribution in [2.45, 2.75) is 64.9 Å². The van der Waals surface area contributed by atoms with Gasteiger partial charge in [-0.05, 0) is 79.1 Å². The number of hydrogen-bond acceptors (Lipinski definition) is 1. The second-order valence-electron chi connectivity index (χ2n) is 8.71. The molecule has 0 amide bonds. The van der Waals surface area contributed by atoms with Crippen molar-refractivity contribution in [3.8, 4) is 0 Å². The van der Waals surface area contributed by atoms with E-state index in [1.165, 1.54) is 37.7 Å². The van der Waals surface area contributed by atoms with Crippen molar-refractivity contribution >= 4 is 0 Å². The number of aliphatic hydroxyl groups excluding tert-OH is 1. The molecule has 4 rings (SSSR count). The number of aliphatic hydroxyl groups is 1. The average Bonchev–Trinajstić information content (AvgIpc) is 2.84. The molecule has 0 spiro atoms. The Hall–Kier alpha value is 0.622. The zero-order valence-electron chi connectivity index (χ0n) is 14.7. The molecule has 4 aliphatic carbocycles. The van der Waals surface area contributed by atoms with Crippen molar-refractivity contribution in [2.75, 3.05) is 0 Å². The van der Waals surface area contributed by atoms with Crippen LogP contribution in [0, 0.1) is 72.6 Å². The summed E-state index contributed by atoms with van der Waals surface area (Å²) >= 11 is 0. The first-order valence-corrected chi connectivity index (χ1v) is 9.19. The largest absolute Gasteiger partial charge is 0.393 e. The van der Waals surface area contributed by atoms with Gasteiger partial charge in [-0.15, -0.1) is 0 Å². The fraction of sp³-hybridized carbons (Fsp3) is 0.714. The summed E-state index contributed by atoms with van der Waals surface area (Å²) in [6.07, 6.45) is 15.3. The molecule has 1 N–H and O–H groups in total. The summed E-state index contributed by atoms with van der Waals surface area (Å²) < 4.78 is 0. The Kier molecular flexibility index (Phi) is 5.13. The van der Waals surface area contributed by atoms with Gasteiger partial charge in [0.05, 0.1) is 6.10 Å². The van der Waals surface area contributed by atoms with Gasteiger partial charge in [0.2, 0.25) is 0 Å². The first-order valence-electron chi connectivity index (χ1n) is 9.19. The summed E-state index contributed by atoms with van der Waals surface area (Å²) in [5.41, 5.74) is 3.82. The maximum Gasteiger partial charge on any atom is 0.0577 e. The number of fused-ring (bicyclic) bond motifs is 5. The molecule has 6 atom stereocenters. The van der Waals surface area contributed by atoms with Crippen LogP contribution in [-0.2, 0) is 0 Å². The summed E-state index contributed by atoms with van der Waals surface area (Å²) in [5, 5.41) is 10.1. The van der Waals surface area contributed by atoms with Crippen LogP contribution in [0.15, 0.2) is 36.0 Å². The molecule has 6 unspecified atom stereocenters. The fourth-order valence-corrected chi connectivity index (χ4v) is 6.56. The van der Waals surface area contributed by atoms with Crippen molar-refractivity contribution in [1.29, 1.82) is 0 Å². The van der Waals surface area contributed by atoms with Crippen molar-refractivity contribution in [3.63, 3.8) is 0 Å². The van der Waals surface area contributed by atoms with Gasteiger partial charge in [-0.25, -0.2) is 0 Å². The number of allylic oxidation sites excluding steroid dienone is 4. The summed E-state index contributed by atoms with van der Waals surface area (Å²) in [6, 6.07) is 0. The zero-order chi connectivity index (χ0) is 15.5. The molecule has 1 radical (unpaired) electrons. The van der Waals surface area contributed by atoms with Crippen LogP contribution < -0.4 is 0 Å². The molecule has 0 bridgehead atoms. The van der Waals surface area contributed by atoms with Gasteiger partial charge in [-0.1, -0.05) is 44.2 Å². The molecule has 0 aromatic rings. The maximum absolute atomic E-state index is 10.1. The molecule has 0 heterocycles. The third-order valence-corrected chi connectivity index (χ3v) is 7.94. The van der Waals surface area contributed by atoms with Crippen LogP contribution in [-0.4, -0.2) is 11.2 Å². The van der Waals surface area contributed by atoms with E-state index in [0.717, 1.165) is 30.6 Å².